The smallest absolute Gasteiger partial charge is 0.331 e. The second-order valence-electron chi connectivity index (χ2n) is 5.17. The highest BCUT2D eigenvalue weighted by Gasteiger charge is 2.35. The number of nitrogens with zero attached hydrogens (tertiary/aromatic N) is 2. The first kappa shape index (κ1) is 17.0. The maximum absolute atomic E-state index is 12.2. The number of nitrogens with one attached hydrogen (secondary N) is 1. The van der Waals surface area contributed by atoms with Crippen LogP contribution >= 0.6 is 11.6 Å². The molecule has 1 aromatic heterocycles. The number of aromatic nitrogens is 2. The molecule has 8 heteroatoms. The summed E-state index contributed by atoms with van der Waals surface area (Å²) in [5, 5.41) is 16.4. The third kappa shape index (κ3) is 3.88. The van der Waals surface area contributed by atoms with E-state index in [2.05, 4.69) is 10.4 Å². The Labute approximate surface area is 137 Å². The van der Waals surface area contributed by atoms with Gasteiger partial charge in [-0.1, -0.05) is 11.6 Å². The molecule has 23 heavy (non-hydrogen) atoms. The molecular weight excluding hydrogens is 322 g/mol. The number of carboxylic acids is 1. The fourth-order valence-corrected chi connectivity index (χ4v) is 2.06. The van der Waals surface area contributed by atoms with E-state index in [-0.39, 0.29) is 12.2 Å². The van der Waals surface area contributed by atoms with Crippen LogP contribution in [0.15, 0.2) is 36.7 Å². The summed E-state index contributed by atoms with van der Waals surface area (Å²) in [6.07, 6.45) is 2.87. The van der Waals surface area contributed by atoms with Crippen LogP contribution in [0.25, 0.3) is 5.69 Å². The minimum atomic E-state index is -1.52. The number of carbonyl (C=O) groups excluding carboxylic acids is 1. The van der Waals surface area contributed by atoms with Gasteiger partial charge in [-0.15, -0.1) is 0 Å². The summed E-state index contributed by atoms with van der Waals surface area (Å²) in [6, 6.07) is 6.92. The molecule has 1 heterocycles. The Bertz CT molecular complexity index is 714. The minimum absolute atomic E-state index is 0.153. The lowest BCUT2D eigenvalue weighted by Gasteiger charge is -2.24. The number of methoxy groups -OCH3 is 1. The minimum Gasteiger partial charge on any atom is -0.479 e. The lowest BCUT2D eigenvalue weighted by atomic mass is 10.0. The summed E-state index contributed by atoms with van der Waals surface area (Å²) in [5.74, 6) is -1.73. The van der Waals surface area contributed by atoms with Crippen LogP contribution in [0.2, 0.25) is 5.02 Å². The van der Waals surface area contributed by atoms with Crippen molar-refractivity contribution >= 4 is 23.5 Å². The Morgan fingerprint density at radius 3 is 2.61 bits per heavy atom. The van der Waals surface area contributed by atoms with Crippen LogP contribution in [0.1, 0.15) is 17.3 Å². The number of halogens is 1. The van der Waals surface area contributed by atoms with Gasteiger partial charge in [-0.05, 0) is 31.2 Å². The Hall–Kier alpha value is -2.38. The molecular formula is C15H16ClN3O4. The predicted molar refractivity (Wildman–Crippen MR) is 84.0 cm³/mol. The standard InChI is InChI=1S/C15H16ClN3O4/c1-15(9-23-2,14(21)22)18-13(20)10-7-17-19(8-10)12-5-3-11(16)4-6-12/h3-8H,9H2,1-2H3,(H,18,20)(H,21,22). The summed E-state index contributed by atoms with van der Waals surface area (Å²) >= 11 is 5.83. The molecule has 0 saturated carbocycles. The van der Waals surface area contributed by atoms with Crippen molar-refractivity contribution in [2.24, 2.45) is 0 Å². The van der Waals surface area contributed by atoms with Gasteiger partial charge in [0.1, 0.15) is 0 Å². The van der Waals surface area contributed by atoms with Crippen molar-refractivity contribution < 1.29 is 19.4 Å². The number of benzene rings is 1. The van der Waals surface area contributed by atoms with Crippen molar-refractivity contribution in [3.8, 4) is 5.69 Å². The summed E-state index contributed by atoms with van der Waals surface area (Å²) in [6.45, 7) is 1.22. The zero-order chi connectivity index (χ0) is 17.0. The number of hydrogen-bond acceptors (Lipinski definition) is 4. The zero-order valence-electron chi connectivity index (χ0n) is 12.6. The predicted octanol–water partition coefficient (Wildman–Crippen LogP) is 1.75. The highest BCUT2D eigenvalue weighted by atomic mass is 35.5. The summed E-state index contributed by atoms with van der Waals surface area (Å²) in [4.78, 5) is 23.5. The molecule has 7 nitrogen and oxygen atoms in total. The second kappa shape index (κ2) is 6.80. The Morgan fingerprint density at radius 2 is 2.04 bits per heavy atom. The summed E-state index contributed by atoms with van der Waals surface area (Å²) in [5.41, 5.74) is -0.552. The second-order valence-corrected chi connectivity index (χ2v) is 5.61. The van der Waals surface area contributed by atoms with Gasteiger partial charge in [0.05, 0.1) is 24.1 Å². The zero-order valence-corrected chi connectivity index (χ0v) is 13.4. The molecule has 0 radical (unpaired) electrons. The van der Waals surface area contributed by atoms with Crippen molar-refractivity contribution in [1.82, 2.24) is 15.1 Å². The van der Waals surface area contributed by atoms with Gasteiger partial charge < -0.3 is 15.2 Å². The lowest BCUT2D eigenvalue weighted by Crippen LogP contribution is -2.55. The van der Waals surface area contributed by atoms with E-state index in [1.807, 2.05) is 0 Å². The van der Waals surface area contributed by atoms with E-state index in [1.165, 1.54) is 31.1 Å². The van der Waals surface area contributed by atoms with Crippen molar-refractivity contribution in [3.05, 3.63) is 47.2 Å². The Morgan fingerprint density at radius 1 is 1.39 bits per heavy atom. The van der Waals surface area contributed by atoms with E-state index < -0.39 is 17.4 Å². The van der Waals surface area contributed by atoms with Crippen molar-refractivity contribution in [2.75, 3.05) is 13.7 Å². The average molecular weight is 338 g/mol. The van der Waals surface area contributed by atoms with E-state index in [0.717, 1.165) is 5.69 Å². The van der Waals surface area contributed by atoms with Crippen LogP contribution in [-0.4, -0.2) is 46.0 Å². The SMILES string of the molecule is COCC(C)(NC(=O)c1cnn(-c2ccc(Cl)cc2)c1)C(=O)O. The Balaban J connectivity index is 2.18. The molecule has 0 aliphatic carbocycles. The van der Waals surface area contributed by atoms with Gasteiger partial charge in [0.2, 0.25) is 0 Å². The highest BCUT2D eigenvalue weighted by molar-refractivity contribution is 6.30. The number of carboxylic acid groups (broad SMARTS) is 1. The van der Waals surface area contributed by atoms with E-state index >= 15 is 0 Å². The number of ether oxygens (including phenoxy) is 1. The number of rotatable bonds is 6. The molecule has 0 aliphatic rings. The van der Waals surface area contributed by atoms with Crippen molar-refractivity contribution in [2.45, 2.75) is 12.5 Å². The van der Waals surface area contributed by atoms with Gasteiger partial charge in [-0.25, -0.2) is 9.48 Å². The van der Waals surface area contributed by atoms with Crippen LogP contribution in [0.5, 0.6) is 0 Å². The Kier molecular flexibility index (Phi) is 5.02. The molecule has 2 rings (SSSR count). The molecule has 1 aromatic carbocycles. The summed E-state index contributed by atoms with van der Waals surface area (Å²) in [7, 11) is 1.37. The van der Waals surface area contributed by atoms with Crippen molar-refractivity contribution in [3.63, 3.8) is 0 Å². The first-order chi connectivity index (χ1) is 10.9. The van der Waals surface area contributed by atoms with Gasteiger partial charge in [0, 0.05) is 18.3 Å². The van der Waals surface area contributed by atoms with Gasteiger partial charge in [-0.2, -0.15) is 5.10 Å². The molecule has 0 spiro atoms. The maximum Gasteiger partial charge on any atom is 0.331 e. The third-order valence-electron chi connectivity index (χ3n) is 3.23. The van der Waals surface area contributed by atoms with Gasteiger partial charge >= 0.3 is 5.97 Å². The molecule has 1 amide bonds. The third-order valence-corrected chi connectivity index (χ3v) is 3.48. The molecule has 2 N–H and O–H groups in total. The molecule has 1 atom stereocenters. The topological polar surface area (TPSA) is 93.5 Å². The fraction of sp³-hybridized carbons (Fsp3) is 0.267. The van der Waals surface area contributed by atoms with Gasteiger partial charge in [0.25, 0.3) is 5.91 Å². The monoisotopic (exact) mass is 337 g/mol. The van der Waals surface area contributed by atoms with Crippen molar-refractivity contribution in [1.29, 1.82) is 0 Å². The normalized spacial score (nSPS) is 13.3. The number of hydrogen-bond donors (Lipinski definition) is 2. The highest BCUT2D eigenvalue weighted by Crippen LogP contribution is 2.14. The van der Waals surface area contributed by atoms with Crippen LogP contribution in [-0.2, 0) is 9.53 Å². The molecule has 0 bridgehead atoms. The van der Waals surface area contributed by atoms with Gasteiger partial charge in [0.15, 0.2) is 5.54 Å². The van der Waals surface area contributed by atoms with Crippen LogP contribution in [0, 0.1) is 0 Å². The van der Waals surface area contributed by atoms with Gasteiger partial charge in [-0.3, -0.25) is 4.79 Å². The maximum atomic E-state index is 12.2. The molecule has 0 fully saturated rings. The molecule has 122 valence electrons. The van der Waals surface area contributed by atoms with Crippen LogP contribution in [0.3, 0.4) is 0 Å². The van der Waals surface area contributed by atoms with Crippen LogP contribution in [0.4, 0.5) is 0 Å². The van der Waals surface area contributed by atoms with E-state index in [9.17, 15) is 14.7 Å². The molecule has 0 saturated heterocycles. The molecule has 1 unspecified atom stereocenters. The molecule has 0 aliphatic heterocycles. The van der Waals surface area contributed by atoms with Crippen LogP contribution < -0.4 is 5.32 Å². The van der Waals surface area contributed by atoms with E-state index in [0.29, 0.717) is 5.02 Å². The summed E-state index contributed by atoms with van der Waals surface area (Å²) < 4.78 is 6.36. The van der Waals surface area contributed by atoms with E-state index in [4.69, 9.17) is 16.3 Å². The number of carbonyl (C=O) groups is 2. The fourth-order valence-electron chi connectivity index (χ4n) is 1.94. The first-order valence-electron chi connectivity index (χ1n) is 6.71. The molecule has 2 aromatic rings. The quantitative estimate of drug-likeness (QED) is 0.837. The van der Waals surface area contributed by atoms with E-state index in [1.54, 1.807) is 24.3 Å². The number of aliphatic carboxylic acids is 1. The lowest BCUT2D eigenvalue weighted by molar-refractivity contribution is -0.145. The number of amides is 1. The first-order valence-corrected chi connectivity index (χ1v) is 7.09. The average Bonchev–Trinajstić information content (AvgIpc) is 2.98. The largest absolute Gasteiger partial charge is 0.479 e.